The third-order valence-electron chi connectivity index (χ3n) is 4.00. The van der Waals surface area contributed by atoms with E-state index in [1.807, 2.05) is 6.92 Å². The normalized spacial score (nSPS) is 11.3. The summed E-state index contributed by atoms with van der Waals surface area (Å²) in [5.41, 5.74) is 0.995. The van der Waals surface area contributed by atoms with Gasteiger partial charge in [0.2, 0.25) is 0 Å². The summed E-state index contributed by atoms with van der Waals surface area (Å²) in [5.74, 6) is -0.838. The van der Waals surface area contributed by atoms with Gasteiger partial charge in [0.25, 0.3) is 15.9 Å². The Morgan fingerprint density at radius 1 is 0.821 bits per heavy atom. The summed E-state index contributed by atoms with van der Waals surface area (Å²) in [6.07, 6.45) is 0. The number of carbonyl (C=O) groups is 1. The van der Waals surface area contributed by atoms with Crippen LogP contribution in [-0.4, -0.2) is 14.3 Å². The summed E-state index contributed by atoms with van der Waals surface area (Å²) in [6.45, 7) is 1.84. The van der Waals surface area contributed by atoms with Crippen LogP contribution in [0.3, 0.4) is 0 Å². The molecule has 0 saturated heterocycles. The third kappa shape index (κ3) is 3.89. The minimum atomic E-state index is -4.21. The first-order chi connectivity index (χ1) is 13.2. The molecule has 0 heterocycles. The molecule has 0 atom stereocenters. The molecule has 3 aromatic rings. The van der Waals surface area contributed by atoms with Crippen LogP contribution in [-0.2, 0) is 10.0 Å². The molecule has 0 fully saturated rings. The number of hydrogen-bond acceptors (Lipinski definition) is 3. The highest BCUT2D eigenvalue weighted by atomic mass is 35.5. The molecule has 0 N–H and O–H groups in total. The largest absolute Gasteiger partial charge is 0.273 e. The number of benzene rings is 3. The molecule has 3 aromatic carbocycles. The number of carbonyl (C=O) groups excluding carboxylic acids is 1. The average Bonchev–Trinajstić information content (AvgIpc) is 2.67. The van der Waals surface area contributed by atoms with Gasteiger partial charge in [-0.3, -0.25) is 4.79 Å². The number of rotatable bonds is 4. The van der Waals surface area contributed by atoms with Crippen molar-refractivity contribution in [2.45, 2.75) is 11.8 Å². The highest BCUT2D eigenvalue weighted by Crippen LogP contribution is 2.35. The van der Waals surface area contributed by atoms with Gasteiger partial charge in [-0.15, -0.1) is 0 Å². The quantitative estimate of drug-likeness (QED) is 0.455. The second-order valence-corrected chi connectivity index (χ2v) is 8.90. The molecule has 0 spiro atoms. The zero-order chi connectivity index (χ0) is 20.5. The van der Waals surface area contributed by atoms with Crippen molar-refractivity contribution < 1.29 is 13.2 Å². The topological polar surface area (TPSA) is 54.5 Å². The minimum Gasteiger partial charge on any atom is -0.268 e. The molecule has 0 radical (unpaired) electrons. The SMILES string of the molecule is Cc1ccc(S(=O)(=O)N(C(=O)c2ccc(Cl)c(Cl)c2Cl)c2ccccc2)cc1. The Labute approximate surface area is 178 Å². The Morgan fingerprint density at radius 2 is 1.43 bits per heavy atom. The summed E-state index contributed by atoms with van der Waals surface area (Å²) in [6, 6.07) is 17.0. The van der Waals surface area contributed by atoms with E-state index in [1.165, 1.54) is 36.4 Å². The van der Waals surface area contributed by atoms with Gasteiger partial charge in [0.05, 0.1) is 31.2 Å². The molecule has 0 saturated carbocycles. The van der Waals surface area contributed by atoms with Gasteiger partial charge in [0.15, 0.2) is 0 Å². The lowest BCUT2D eigenvalue weighted by atomic mass is 10.2. The van der Waals surface area contributed by atoms with Crippen LogP contribution in [0, 0.1) is 6.92 Å². The van der Waals surface area contributed by atoms with Crippen molar-refractivity contribution in [3.63, 3.8) is 0 Å². The lowest BCUT2D eigenvalue weighted by Crippen LogP contribution is -2.37. The van der Waals surface area contributed by atoms with Crippen LogP contribution in [0.15, 0.2) is 71.6 Å². The van der Waals surface area contributed by atoms with Gasteiger partial charge in [-0.2, -0.15) is 4.31 Å². The number of aryl methyl sites for hydroxylation is 1. The summed E-state index contributed by atoms with van der Waals surface area (Å²) in [7, 11) is -4.21. The standard InChI is InChI=1S/C20H14Cl3NO3S/c1-13-7-9-15(10-8-13)28(26,27)24(14-5-3-2-4-6-14)20(25)16-11-12-17(21)19(23)18(16)22/h2-12H,1H3. The van der Waals surface area contributed by atoms with Crippen molar-refractivity contribution in [3.05, 3.63) is 92.9 Å². The van der Waals surface area contributed by atoms with Crippen LogP contribution in [0.1, 0.15) is 15.9 Å². The molecule has 3 rings (SSSR count). The van der Waals surface area contributed by atoms with E-state index in [2.05, 4.69) is 0 Å². The maximum atomic E-state index is 13.3. The van der Waals surface area contributed by atoms with Crippen LogP contribution in [0.4, 0.5) is 5.69 Å². The summed E-state index contributed by atoms with van der Waals surface area (Å²) < 4.78 is 27.4. The van der Waals surface area contributed by atoms with E-state index >= 15 is 0 Å². The van der Waals surface area contributed by atoms with Crippen molar-refractivity contribution in [3.8, 4) is 0 Å². The van der Waals surface area contributed by atoms with Crippen LogP contribution < -0.4 is 4.31 Å². The Bertz CT molecular complexity index is 1130. The fourth-order valence-corrected chi connectivity index (χ4v) is 4.57. The van der Waals surface area contributed by atoms with Crippen LogP contribution in [0.2, 0.25) is 15.1 Å². The molecule has 144 valence electrons. The first kappa shape index (κ1) is 20.7. The van der Waals surface area contributed by atoms with Crippen molar-refractivity contribution in [1.82, 2.24) is 0 Å². The Hall–Kier alpha value is -2.05. The Morgan fingerprint density at radius 3 is 2.04 bits per heavy atom. The zero-order valence-corrected chi connectivity index (χ0v) is 17.6. The first-order valence-electron chi connectivity index (χ1n) is 8.08. The summed E-state index contributed by atoms with van der Waals surface area (Å²) in [4.78, 5) is 13.3. The van der Waals surface area contributed by atoms with Crippen molar-refractivity contribution in [2.75, 3.05) is 4.31 Å². The molecule has 0 aliphatic rings. The van der Waals surface area contributed by atoms with Gasteiger partial charge in [-0.1, -0.05) is 70.7 Å². The summed E-state index contributed by atoms with van der Waals surface area (Å²) >= 11 is 18.2. The number of halogens is 3. The average molecular weight is 455 g/mol. The van der Waals surface area contributed by atoms with E-state index < -0.39 is 15.9 Å². The fourth-order valence-electron chi connectivity index (χ4n) is 2.54. The van der Waals surface area contributed by atoms with Crippen LogP contribution in [0.25, 0.3) is 0 Å². The summed E-state index contributed by atoms with van der Waals surface area (Å²) in [5, 5.41) is 0.0324. The van der Waals surface area contributed by atoms with Crippen LogP contribution in [0.5, 0.6) is 0 Å². The molecule has 0 aromatic heterocycles. The molecule has 0 bridgehead atoms. The van der Waals surface area contributed by atoms with Gasteiger partial charge >= 0.3 is 0 Å². The van der Waals surface area contributed by atoms with E-state index in [1.54, 1.807) is 30.3 Å². The number of anilines is 1. The van der Waals surface area contributed by atoms with Crippen LogP contribution >= 0.6 is 34.8 Å². The number of hydrogen-bond donors (Lipinski definition) is 0. The molecule has 0 aliphatic carbocycles. The Balaban J connectivity index is 2.20. The predicted molar refractivity (Wildman–Crippen MR) is 113 cm³/mol. The highest BCUT2D eigenvalue weighted by molar-refractivity contribution is 7.93. The molecular formula is C20H14Cl3NO3S. The second kappa shape index (κ2) is 8.13. The second-order valence-electron chi connectivity index (χ2n) is 5.95. The maximum absolute atomic E-state index is 13.3. The molecule has 8 heteroatoms. The van der Waals surface area contributed by atoms with E-state index in [0.717, 1.165) is 5.56 Å². The molecule has 28 heavy (non-hydrogen) atoms. The number of para-hydroxylation sites is 1. The number of amides is 1. The van der Waals surface area contributed by atoms with E-state index in [4.69, 9.17) is 34.8 Å². The third-order valence-corrected chi connectivity index (χ3v) is 7.02. The van der Waals surface area contributed by atoms with E-state index in [-0.39, 0.29) is 31.2 Å². The van der Waals surface area contributed by atoms with Gasteiger partial charge in [0, 0.05) is 0 Å². The molecule has 1 amide bonds. The minimum absolute atomic E-state index is 0.0186. The monoisotopic (exact) mass is 453 g/mol. The molecular weight excluding hydrogens is 441 g/mol. The molecule has 4 nitrogen and oxygen atoms in total. The van der Waals surface area contributed by atoms with Crippen molar-refractivity contribution in [1.29, 1.82) is 0 Å². The Kier molecular flexibility index (Phi) is 6.01. The molecule has 0 aliphatic heterocycles. The maximum Gasteiger partial charge on any atom is 0.273 e. The predicted octanol–water partition coefficient (Wildman–Crippen LogP) is 5.99. The van der Waals surface area contributed by atoms with Gasteiger partial charge in [-0.25, -0.2) is 8.42 Å². The lowest BCUT2D eigenvalue weighted by molar-refractivity contribution is 0.101. The van der Waals surface area contributed by atoms with E-state index in [0.29, 0.717) is 4.31 Å². The highest BCUT2D eigenvalue weighted by Gasteiger charge is 2.33. The van der Waals surface area contributed by atoms with E-state index in [9.17, 15) is 13.2 Å². The van der Waals surface area contributed by atoms with Gasteiger partial charge in [0.1, 0.15) is 0 Å². The first-order valence-corrected chi connectivity index (χ1v) is 10.7. The van der Waals surface area contributed by atoms with Crippen molar-refractivity contribution in [2.24, 2.45) is 0 Å². The fraction of sp³-hybridized carbons (Fsp3) is 0.0500. The number of nitrogens with zero attached hydrogens (tertiary/aromatic N) is 1. The van der Waals surface area contributed by atoms with Gasteiger partial charge in [-0.05, 0) is 43.3 Å². The van der Waals surface area contributed by atoms with Crippen molar-refractivity contribution >= 4 is 56.4 Å². The lowest BCUT2D eigenvalue weighted by Gasteiger charge is -2.23. The number of sulfonamides is 1. The zero-order valence-electron chi connectivity index (χ0n) is 14.6. The molecule has 0 unspecified atom stereocenters. The smallest absolute Gasteiger partial charge is 0.268 e. The van der Waals surface area contributed by atoms with Gasteiger partial charge < -0.3 is 0 Å².